The van der Waals surface area contributed by atoms with Gasteiger partial charge in [-0.25, -0.2) is 4.39 Å². The number of nitriles is 3. The third-order valence-electron chi connectivity index (χ3n) is 5.15. The summed E-state index contributed by atoms with van der Waals surface area (Å²) in [5.74, 6) is -3.29. The van der Waals surface area contributed by atoms with E-state index in [-0.39, 0.29) is 5.56 Å². The third-order valence-corrected chi connectivity index (χ3v) is 5.15. The lowest BCUT2D eigenvalue weighted by Gasteiger charge is -2.60. The van der Waals surface area contributed by atoms with Gasteiger partial charge in [0.05, 0.1) is 24.1 Å². The highest BCUT2D eigenvalue weighted by Gasteiger charge is 2.78. The van der Waals surface area contributed by atoms with E-state index in [0.29, 0.717) is 0 Å². The first-order valence-electron chi connectivity index (χ1n) is 7.26. The van der Waals surface area contributed by atoms with E-state index in [1.807, 2.05) is 18.2 Å². The van der Waals surface area contributed by atoms with Crippen molar-refractivity contribution in [3.63, 3.8) is 0 Å². The normalized spacial score (nSPS) is 36.1. The molecule has 1 aromatic rings. The van der Waals surface area contributed by atoms with Crippen LogP contribution in [-0.2, 0) is 9.47 Å². The summed E-state index contributed by atoms with van der Waals surface area (Å²) >= 11 is 0. The minimum Gasteiger partial charge on any atom is -0.448 e. The zero-order valence-corrected chi connectivity index (χ0v) is 13.0. The van der Waals surface area contributed by atoms with Gasteiger partial charge in [0.15, 0.2) is 10.8 Å². The summed E-state index contributed by atoms with van der Waals surface area (Å²) in [6.45, 7) is 3.09. The minimum absolute atomic E-state index is 0.276. The Morgan fingerprint density at radius 2 is 1.88 bits per heavy atom. The first-order chi connectivity index (χ1) is 11.3. The molecule has 1 aromatic carbocycles. The van der Waals surface area contributed by atoms with E-state index in [1.54, 1.807) is 6.92 Å². The molecule has 0 saturated carbocycles. The van der Waals surface area contributed by atoms with Crippen LogP contribution in [0.5, 0.6) is 0 Å². The molecule has 3 aliphatic rings. The lowest BCUT2D eigenvalue weighted by atomic mass is 9.51. The standard InChI is InChI=1S/C17H13FN4O2/c1-10-15(2)23-13(11-4-3-5-12(18)6-11)17(9-21,14(22)24-15)16(10,7-19)8-20/h3-6,10,13,22H,1-2H3. The van der Waals surface area contributed by atoms with Crippen LogP contribution in [0.4, 0.5) is 4.39 Å². The van der Waals surface area contributed by atoms with Crippen molar-refractivity contribution in [2.45, 2.75) is 25.7 Å². The predicted molar refractivity (Wildman–Crippen MR) is 78.3 cm³/mol. The van der Waals surface area contributed by atoms with Gasteiger partial charge in [-0.15, -0.1) is 0 Å². The second-order valence-electron chi connectivity index (χ2n) is 6.17. The van der Waals surface area contributed by atoms with Crippen LogP contribution in [0.25, 0.3) is 0 Å². The molecule has 1 N–H and O–H groups in total. The number of hydrogen-bond donors (Lipinski definition) is 1. The van der Waals surface area contributed by atoms with Gasteiger partial charge in [0.25, 0.3) is 0 Å². The summed E-state index contributed by atoms with van der Waals surface area (Å²) in [6, 6.07) is 11.2. The van der Waals surface area contributed by atoms with E-state index in [4.69, 9.17) is 14.9 Å². The van der Waals surface area contributed by atoms with Gasteiger partial charge in [-0.05, 0) is 17.7 Å². The quantitative estimate of drug-likeness (QED) is 0.853. The van der Waals surface area contributed by atoms with Crippen LogP contribution in [-0.4, -0.2) is 11.7 Å². The van der Waals surface area contributed by atoms with Gasteiger partial charge in [-0.2, -0.15) is 15.8 Å². The van der Waals surface area contributed by atoms with Crippen molar-refractivity contribution in [1.29, 1.82) is 21.2 Å². The van der Waals surface area contributed by atoms with Crippen molar-refractivity contribution in [1.82, 2.24) is 0 Å². The van der Waals surface area contributed by atoms with Gasteiger partial charge < -0.3 is 9.47 Å². The average Bonchev–Trinajstić information content (AvgIpc) is 2.56. The lowest BCUT2D eigenvalue weighted by Crippen LogP contribution is -2.71. The second-order valence-corrected chi connectivity index (χ2v) is 6.17. The zero-order chi connectivity index (χ0) is 17.8. The Bertz CT molecular complexity index is 851. The summed E-state index contributed by atoms with van der Waals surface area (Å²) in [5, 5.41) is 37.7. The number of benzene rings is 1. The van der Waals surface area contributed by atoms with Crippen LogP contribution in [0.2, 0.25) is 0 Å². The van der Waals surface area contributed by atoms with E-state index in [2.05, 4.69) is 0 Å². The second kappa shape index (κ2) is 4.77. The molecule has 120 valence electrons. The zero-order valence-electron chi connectivity index (χ0n) is 13.0. The van der Waals surface area contributed by atoms with Gasteiger partial charge in [-0.1, -0.05) is 19.1 Å². The van der Waals surface area contributed by atoms with Crippen molar-refractivity contribution >= 4 is 5.90 Å². The number of nitrogens with zero attached hydrogens (tertiary/aromatic N) is 3. The van der Waals surface area contributed by atoms with Gasteiger partial charge in [0.2, 0.25) is 11.7 Å². The third kappa shape index (κ3) is 1.56. The van der Waals surface area contributed by atoms with Gasteiger partial charge in [-0.3, -0.25) is 5.41 Å². The average molecular weight is 324 g/mol. The molecule has 2 bridgehead atoms. The van der Waals surface area contributed by atoms with E-state index >= 15 is 0 Å². The van der Waals surface area contributed by atoms with Crippen molar-refractivity contribution in [2.24, 2.45) is 16.7 Å². The molecule has 4 atom stereocenters. The van der Waals surface area contributed by atoms with Gasteiger partial charge >= 0.3 is 0 Å². The Hall–Kier alpha value is -2.95. The molecule has 24 heavy (non-hydrogen) atoms. The molecule has 3 fully saturated rings. The Labute approximate surface area is 138 Å². The topological polar surface area (TPSA) is 114 Å². The van der Waals surface area contributed by atoms with Crippen LogP contribution >= 0.6 is 0 Å². The first-order valence-corrected chi connectivity index (χ1v) is 7.26. The number of rotatable bonds is 1. The predicted octanol–water partition coefficient (Wildman–Crippen LogP) is 2.80. The summed E-state index contributed by atoms with van der Waals surface area (Å²) < 4.78 is 25.0. The van der Waals surface area contributed by atoms with E-state index in [0.717, 1.165) is 0 Å². The molecule has 7 heteroatoms. The molecular weight excluding hydrogens is 311 g/mol. The number of nitrogens with one attached hydrogen (secondary N) is 1. The molecule has 0 spiro atoms. The molecule has 3 heterocycles. The highest BCUT2D eigenvalue weighted by molar-refractivity contribution is 5.88. The number of hydrogen-bond acceptors (Lipinski definition) is 6. The van der Waals surface area contributed by atoms with Gasteiger partial charge in [0, 0.05) is 6.92 Å². The molecule has 0 radical (unpaired) electrons. The summed E-state index contributed by atoms with van der Waals surface area (Å²) in [6.07, 6.45) is -1.17. The highest BCUT2D eigenvalue weighted by Crippen LogP contribution is 2.66. The molecule has 3 saturated heterocycles. The number of ether oxygens (including phenoxy) is 2. The van der Waals surface area contributed by atoms with Crippen LogP contribution < -0.4 is 0 Å². The van der Waals surface area contributed by atoms with E-state index < -0.39 is 40.4 Å². The van der Waals surface area contributed by atoms with E-state index in [1.165, 1.54) is 31.2 Å². The smallest absolute Gasteiger partial charge is 0.215 e. The summed E-state index contributed by atoms with van der Waals surface area (Å²) in [5.41, 5.74) is -3.57. The Morgan fingerprint density at radius 1 is 1.21 bits per heavy atom. The maximum atomic E-state index is 13.7. The van der Waals surface area contributed by atoms with Gasteiger partial charge in [0.1, 0.15) is 11.9 Å². The summed E-state index contributed by atoms with van der Waals surface area (Å²) in [4.78, 5) is 0. The van der Waals surface area contributed by atoms with E-state index in [9.17, 15) is 20.2 Å². The van der Waals surface area contributed by atoms with Crippen molar-refractivity contribution in [3.05, 3.63) is 35.6 Å². The molecular formula is C17H13FN4O2. The Kier molecular flexibility index (Phi) is 3.17. The van der Waals surface area contributed by atoms with Crippen molar-refractivity contribution in [3.8, 4) is 18.2 Å². The minimum atomic E-state index is -1.98. The molecule has 0 aromatic heterocycles. The SMILES string of the molecule is CC1C2(C)OC(=N)C(C#N)(C(c3cccc(F)c3)O2)C1(C#N)C#N. The molecule has 6 nitrogen and oxygen atoms in total. The number of fused-ring (bicyclic) bond motifs is 3. The molecule has 0 aliphatic carbocycles. The van der Waals surface area contributed by atoms with Crippen LogP contribution in [0.3, 0.4) is 0 Å². The fourth-order valence-corrected chi connectivity index (χ4v) is 3.64. The highest BCUT2D eigenvalue weighted by atomic mass is 19.1. The molecule has 3 aliphatic heterocycles. The fourth-order valence-electron chi connectivity index (χ4n) is 3.64. The molecule has 4 unspecified atom stereocenters. The van der Waals surface area contributed by atoms with Crippen LogP contribution in [0.15, 0.2) is 24.3 Å². The Balaban J connectivity index is 2.35. The fraction of sp³-hybridized carbons (Fsp3) is 0.412. The van der Waals surface area contributed by atoms with Crippen molar-refractivity contribution in [2.75, 3.05) is 0 Å². The monoisotopic (exact) mass is 324 g/mol. The summed E-state index contributed by atoms with van der Waals surface area (Å²) in [7, 11) is 0. The largest absolute Gasteiger partial charge is 0.448 e. The molecule has 0 amide bonds. The lowest BCUT2D eigenvalue weighted by molar-refractivity contribution is -0.338. The van der Waals surface area contributed by atoms with Crippen molar-refractivity contribution < 1.29 is 13.9 Å². The maximum absolute atomic E-state index is 13.7. The number of halogens is 1. The van der Waals surface area contributed by atoms with Crippen LogP contribution in [0, 0.1) is 62.0 Å². The Morgan fingerprint density at radius 3 is 2.42 bits per heavy atom. The first kappa shape index (κ1) is 15.9. The molecule has 4 rings (SSSR count). The van der Waals surface area contributed by atoms with Crippen LogP contribution in [0.1, 0.15) is 25.5 Å². The maximum Gasteiger partial charge on any atom is 0.215 e.